The summed E-state index contributed by atoms with van der Waals surface area (Å²) in [6.07, 6.45) is 8.81. The molecule has 4 aliphatic rings. The molecule has 322 valence electrons. The second-order valence-corrected chi connectivity index (χ2v) is 20.4. The van der Waals surface area contributed by atoms with Gasteiger partial charge in [0.25, 0.3) is 0 Å². The van der Waals surface area contributed by atoms with E-state index in [0.29, 0.717) is 46.6 Å². The van der Waals surface area contributed by atoms with E-state index in [1.807, 2.05) is 67.6 Å². The molecule has 1 unspecified atom stereocenters. The van der Waals surface area contributed by atoms with Gasteiger partial charge in [0, 0.05) is 41.3 Å². The van der Waals surface area contributed by atoms with Crippen LogP contribution in [-0.4, -0.2) is 62.4 Å². The summed E-state index contributed by atoms with van der Waals surface area (Å²) in [5.41, 5.74) is 2.34. The normalized spacial score (nSPS) is 26.5. The number of amides is 1. The Balaban J connectivity index is 1.14. The highest BCUT2D eigenvalue weighted by Gasteiger charge is 2.65. The number of allylic oxidation sites excluding steroid dienone is 2. The first-order valence-corrected chi connectivity index (χ1v) is 23.8. The van der Waals surface area contributed by atoms with Crippen LogP contribution in [0.1, 0.15) is 94.6 Å². The van der Waals surface area contributed by atoms with Crippen LogP contribution in [0, 0.1) is 30.4 Å². The number of ketones is 1. The van der Waals surface area contributed by atoms with Crippen molar-refractivity contribution in [3.8, 4) is 17.0 Å². The maximum atomic E-state index is 14.9. The first-order valence-electron chi connectivity index (χ1n) is 21.6. The molecule has 2 aliphatic carbocycles. The monoisotopic (exact) mass is 872 g/mol. The van der Waals surface area contributed by atoms with Gasteiger partial charge in [0.1, 0.15) is 29.6 Å². The number of hydrogen-bond donors (Lipinski definition) is 1. The van der Waals surface area contributed by atoms with Crippen molar-refractivity contribution >= 4 is 47.5 Å². The molecule has 61 heavy (non-hydrogen) atoms. The summed E-state index contributed by atoms with van der Waals surface area (Å²) >= 11 is 6.84. The summed E-state index contributed by atoms with van der Waals surface area (Å²) in [4.78, 5) is 61.4. The van der Waals surface area contributed by atoms with E-state index in [9.17, 15) is 32.6 Å². The third-order valence-electron chi connectivity index (χ3n) is 13.2. The highest BCUT2D eigenvalue weighted by molar-refractivity contribution is 7.59. The van der Waals surface area contributed by atoms with Gasteiger partial charge in [-0.05, 0) is 88.0 Å². The summed E-state index contributed by atoms with van der Waals surface area (Å²) in [6, 6.07) is 17.4. The number of fused-ring (bicyclic) bond motifs is 3. The van der Waals surface area contributed by atoms with Crippen LogP contribution in [0.5, 0.6) is 5.75 Å². The van der Waals surface area contributed by atoms with E-state index in [1.165, 1.54) is 11.0 Å². The first kappa shape index (κ1) is 43.2. The molecule has 1 saturated heterocycles. The zero-order chi connectivity index (χ0) is 42.9. The van der Waals surface area contributed by atoms with Gasteiger partial charge < -0.3 is 19.3 Å². The fraction of sp³-hybridized carbons (Fsp3) is 0.458. The molecule has 4 aromatic rings. The SMILES string of the molecule is Cc1ccc2c(O[C@@H]3C[C@H]4C(=O)C[C@]5(P(=O)(O)Cc6c(F)cccc6F)C[C@@H]5/C=C\CCCCC[C@H](CC(=O)OC5CCCC5)C(=O)N4C3)cc(-c3ccccc3)nc2c1Cl. The van der Waals surface area contributed by atoms with Crippen LogP contribution in [0.15, 0.2) is 78.9 Å². The molecule has 0 radical (unpaired) electrons. The van der Waals surface area contributed by atoms with Crippen LogP contribution < -0.4 is 4.74 Å². The van der Waals surface area contributed by atoms with Crippen LogP contribution >= 0.6 is 19.0 Å². The number of Topliss-reactive ketones (excluding diaryl/α,β-unsaturated/α-hetero) is 1. The number of esters is 1. The molecule has 8 rings (SSSR count). The van der Waals surface area contributed by atoms with Crippen LogP contribution in [0.3, 0.4) is 0 Å². The van der Waals surface area contributed by atoms with Gasteiger partial charge in [-0.2, -0.15) is 0 Å². The predicted octanol–water partition coefficient (Wildman–Crippen LogP) is 10.7. The van der Waals surface area contributed by atoms with Crippen molar-refractivity contribution in [2.75, 3.05) is 6.54 Å². The average Bonchev–Trinajstić information content (AvgIpc) is 3.50. The molecule has 3 heterocycles. The van der Waals surface area contributed by atoms with Crippen molar-refractivity contribution in [2.45, 2.75) is 120 Å². The van der Waals surface area contributed by atoms with E-state index in [2.05, 4.69) is 0 Å². The summed E-state index contributed by atoms with van der Waals surface area (Å²) in [6.45, 7) is 1.91. The Morgan fingerprint density at radius 3 is 2.46 bits per heavy atom. The number of pyridine rings is 1. The molecule has 3 fully saturated rings. The third-order valence-corrected chi connectivity index (χ3v) is 16.5. The third kappa shape index (κ3) is 9.21. The number of rotatable bonds is 9. The Labute approximate surface area is 360 Å². The van der Waals surface area contributed by atoms with Crippen molar-refractivity contribution in [2.24, 2.45) is 11.8 Å². The molecule has 0 bridgehead atoms. The van der Waals surface area contributed by atoms with Crippen molar-refractivity contribution in [3.63, 3.8) is 0 Å². The Morgan fingerprint density at radius 1 is 0.967 bits per heavy atom. The van der Waals surface area contributed by atoms with E-state index in [-0.39, 0.29) is 44.2 Å². The highest BCUT2D eigenvalue weighted by atomic mass is 35.5. The van der Waals surface area contributed by atoms with Gasteiger partial charge in [-0.15, -0.1) is 0 Å². The second-order valence-electron chi connectivity index (χ2n) is 17.4. The van der Waals surface area contributed by atoms with Crippen molar-refractivity contribution < 1.29 is 42.1 Å². The number of nitrogens with zero attached hydrogens (tertiary/aromatic N) is 2. The lowest BCUT2D eigenvalue weighted by molar-refractivity contribution is -0.154. The smallest absolute Gasteiger partial charge is 0.306 e. The van der Waals surface area contributed by atoms with Gasteiger partial charge in [0.05, 0.1) is 46.6 Å². The minimum absolute atomic E-state index is 0.0149. The molecule has 0 spiro atoms. The number of ether oxygens (including phenoxy) is 2. The molecule has 1 aromatic heterocycles. The van der Waals surface area contributed by atoms with E-state index < -0.39 is 71.6 Å². The molecule has 13 heteroatoms. The fourth-order valence-electron chi connectivity index (χ4n) is 9.64. The maximum Gasteiger partial charge on any atom is 0.306 e. The quantitative estimate of drug-likeness (QED) is 0.100. The standard InChI is InChI=1S/C48H52ClF2N2O7P/c1-30-21-22-36-43(25-40(52-46(36)45(30)49)31-13-7-5-8-14-31)59-35-24-41-42(54)27-48(61(57,58)29-37-38(50)19-12-20-39(37)51)26-33(48)16-9-4-2-3-6-15-32(47(56)53(41)28-35)23-44(55)60-34-17-10-11-18-34/h5,7-9,12-14,16,19-22,25,32-35,41H,2-4,6,10-11,15,17-18,23-24,26-29H2,1H3,(H,57,58)/b16-9-/t32-,33+,35-,41+,48-/m1/s1. The Bertz CT molecular complexity index is 2370. The molecule has 2 saturated carbocycles. The maximum absolute atomic E-state index is 14.9. The number of aromatic nitrogens is 1. The number of benzene rings is 3. The zero-order valence-electron chi connectivity index (χ0n) is 34.4. The van der Waals surface area contributed by atoms with Gasteiger partial charge in [-0.3, -0.25) is 18.9 Å². The number of carbonyl (C=O) groups excluding carboxylic acids is 3. The second kappa shape index (κ2) is 18.1. The first-order chi connectivity index (χ1) is 29.3. The van der Waals surface area contributed by atoms with Crippen molar-refractivity contribution in [3.05, 3.63) is 107 Å². The topological polar surface area (TPSA) is 123 Å². The molecule has 3 aromatic carbocycles. The summed E-state index contributed by atoms with van der Waals surface area (Å²) in [7, 11) is -4.46. The average molecular weight is 873 g/mol. The number of hydrogen-bond acceptors (Lipinski definition) is 7. The molecule has 9 nitrogen and oxygen atoms in total. The van der Waals surface area contributed by atoms with Crippen LogP contribution in [0.25, 0.3) is 22.2 Å². The van der Waals surface area contributed by atoms with Crippen molar-refractivity contribution in [1.29, 1.82) is 0 Å². The summed E-state index contributed by atoms with van der Waals surface area (Å²) in [5, 5.41) is -0.356. The molecule has 1 N–H and O–H groups in total. The summed E-state index contributed by atoms with van der Waals surface area (Å²) in [5.74, 6) is -3.87. The predicted molar refractivity (Wildman–Crippen MR) is 230 cm³/mol. The number of halogens is 3. The largest absolute Gasteiger partial charge is 0.488 e. The van der Waals surface area contributed by atoms with Gasteiger partial charge >= 0.3 is 5.97 Å². The van der Waals surface area contributed by atoms with Crippen LogP contribution in [0.4, 0.5) is 8.78 Å². The molecule has 6 atom stereocenters. The van der Waals surface area contributed by atoms with Gasteiger partial charge in [-0.1, -0.05) is 79.1 Å². The number of carbonyl (C=O) groups is 3. The van der Waals surface area contributed by atoms with E-state index in [0.717, 1.165) is 61.8 Å². The molecular formula is C48H52ClF2N2O7P. The molecular weight excluding hydrogens is 821 g/mol. The van der Waals surface area contributed by atoms with Crippen LogP contribution in [-0.2, 0) is 29.8 Å². The minimum atomic E-state index is -4.46. The zero-order valence-corrected chi connectivity index (χ0v) is 36.0. The lowest BCUT2D eigenvalue weighted by Gasteiger charge is -2.30. The van der Waals surface area contributed by atoms with Gasteiger partial charge in [0.2, 0.25) is 13.3 Å². The highest BCUT2D eigenvalue weighted by Crippen LogP contribution is 2.74. The van der Waals surface area contributed by atoms with E-state index in [1.54, 1.807) is 0 Å². The van der Waals surface area contributed by atoms with Crippen molar-refractivity contribution in [1.82, 2.24) is 9.88 Å². The number of aryl methyl sites for hydroxylation is 1. The van der Waals surface area contributed by atoms with Crippen LogP contribution in [0.2, 0.25) is 5.02 Å². The lowest BCUT2D eigenvalue weighted by Crippen LogP contribution is -2.45. The van der Waals surface area contributed by atoms with E-state index >= 15 is 0 Å². The van der Waals surface area contributed by atoms with Gasteiger partial charge in [0.15, 0.2) is 5.78 Å². The van der Waals surface area contributed by atoms with Gasteiger partial charge in [-0.25, -0.2) is 13.8 Å². The lowest BCUT2D eigenvalue weighted by atomic mass is 9.94. The van der Waals surface area contributed by atoms with E-state index in [4.69, 9.17) is 26.1 Å². The fourth-order valence-corrected chi connectivity index (χ4v) is 12.4. The Kier molecular flexibility index (Phi) is 12.8. The Morgan fingerprint density at radius 2 is 1.70 bits per heavy atom. The molecule has 2 aliphatic heterocycles. The Hall–Kier alpha value is -4.44. The minimum Gasteiger partial charge on any atom is -0.488 e. The molecule has 1 amide bonds. The summed E-state index contributed by atoms with van der Waals surface area (Å²) < 4.78 is 57.0.